The second-order valence-corrected chi connectivity index (χ2v) is 3.21. The molecule has 1 aromatic carbocycles. The van der Waals surface area contributed by atoms with E-state index in [-0.39, 0.29) is 5.75 Å². The van der Waals surface area contributed by atoms with Crippen LogP contribution in [0.15, 0.2) is 18.2 Å². The molecule has 0 N–H and O–H groups in total. The lowest BCUT2D eigenvalue weighted by Crippen LogP contribution is -1.98. The summed E-state index contributed by atoms with van der Waals surface area (Å²) >= 11 is 0. The normalized spacial score (nSPS) is 9.60. The maximum atomic E-state index is 13.0. The van der Waals surface area contributed by atoms with Crippen LogP contribution in [-0.4, -0.2) is 6.61 Å². The Bertz CT molecular complexity index is 328. The molecule has 0 unspecified atom stereocenters. The van der Waals surface area contributed by atoms with Gasteiger partial charge in [-0.15, -0.1) is 12.3 Å². The first-order valence-corrected chi connectivity index (χ1v) is 5.07. The number of benzene rings is 1. The Balaban J connectivity index is 2.16. The molecular weight excluding hydrogens is 191 g/mol. The molecule has 0 saturated heterocycles. The second-order valence-electron chi connectivity index (χ2n) is 3.21. The number of unbranched alkanes of at least 4 members (excludes halogenated alkanes) is 3. The first kappa shape index (κ1) is 11.6. The van der Waals surface area contributed by atoms with E-state index in [4.69, 9.17) is 11.2 Å². The van der Waals surface area contributed by atoms with Gasteiger partial charge in [0.15, 0.2) is 11.6 Å². The minimum Gasteiger partial charge on any atom is -0.490 e. The molecule has 0 atom stereocenters. The molecule has 0 aliphatic rings. The smallest absolute Gasteiger partial charge is 0.172 e. The fourth-order valence-corrected chi connectivity index (χ4v) is 1.20. The van der Waals surface area contributed by atoms with E-state index in [1.807, 2.05) is 0 Å². The highest BCUT2D eigenvalue weighted by atomic mass is 19.1. The van der Waals surface area contributed by atoms with Gasteiger partial charge in [-0.1, -0.05) is 12.1 Å². The molecule has 0 aliphatic heterocycles. The fourth-order valence-electron chi connectivity index (χ4n) is 1.20. The van der Waals surface area contributed by atoms with Crippen molar-refractivity contribution in [1.29, 1.82) is 0 Å². The summed E-state index contributed by atoms with van der Waals surface area (Å²) in [6, 6.07) is 7.28. The van der Waals surface area contributed by atoms with Gasteiger partial charge in [0.25, 0.3) is 0 Å². The summed E-state index contributed by atoms with van der Waals surface area (Å²) in [5.41, 5.74) is 0. The third-order valence-corrected chi connectivity index (χ3v) is 1.99. The highest BCUT2D eigenvalue weighted by molar-refractivity contribution is 5.22. The summed E-state index contributed by atoms with van der Waals surface area (Å²) in [5.74, 6) is 2.42. The quantitative estimate of drug-likeness (QED) is 0.512. The van der Waals surface area contributed by atoms with Gasteiger partial charge in [-0.3, -0.25) is 0 Å². The van der Waals surface area contributed by atoms with E-state index >= 15 is 0 Å². The van der Waals surface area contributed by atoms with Gasteiger partial charge in [0, 0.05) is 12.5 Å². The standard InChI is InChI=1S/C13H14FO/c1-2-3-4-5-8-11-15-13-10-7-6-9-12(13)14/h1,6-7,10H,3-5,8,11H2. The van der Waals surface area contributed by atoms with Gasteiger partial charge in [-0.05, 0) is 25.3 Å². The van der Waals surface area contributed by atoms with Crippen LogP contribution in [0.4, 0.5) is 4.39 Å². The zero-order chi connectivity index (χ0) is 10.9. The minimum atomic E-state index is -0.430. The van der Waals surface area contributed by atoms with Gasteiger partial charge in [0.05, 0.1) is 6.61 Å². The molecule has 15 heavy (non-hydrogen) atoms. The van der Waals surface area contributed by atoms with Crippen LogP contribution < -0.4 is 4.74 Å². The first-order valence-electron chi connectivity index (χ1n) is 5.07. The van der Waals surface area contributed by atoms with Crippen LogP contribution in [0.25, 0.3) is 0 Å². The van der Waals surface area contributed by atoms with Crippen molar-refractivity contribution in [3.63, 3.8) is 0 Å². The molecule has 1 nitrogen and oxygen atoms in total. The third-order valence-electron chi connectivity index (χ3n) is 1.99. The van der Waals surface area contributed by atoms with E-state index in [2.05, 4.69) is 12.0 Å². The Morgan fingerprint density at radius 3 is 3.00 bits per heavy atom. The largest absolute Gasteiger partial charge is 0.490 e. The van der Waals surface area contributed by atoms with Crippen molar-refractivity contribution >= 4 is 0 Å². The van der Waals surface area contributed by atoms with Crippen LogP contribution in [0.5, 0.6) is 5.75 Å². The van der Waals surface area contributed by atoms with Crippen molar-refractivity contribution in [2.45, 2.75) is 25.7 Å². The first-order chi connectivity index (χ1) is 7.34. The molecule has 0 aliphatic carbocycles. The van der Waals surface area contributed by atoms with E-state index in [1.54, 1.807) is 12.1 Å². The lowest BCUT2D eigenvalue weighted by Gasteiger charge is -2.05. The Labute approximate surface area is 90.3 Å². The van der Waals surface area contributed by atoms with E-state index in [9.17, 15) is 4.39 Å². The van der Waals surface area contributed by atoms with Crippen LogP contribution in [-0.2, 0) is 0 Å². The van der Waals surface area contributed by atoms with Crippen LogP contribution in [0, 0.1) is 24.2 Å². The van der Waals surface area contributed by atoms with Gasteiger partial charge >= 0.3 is 0 Å². The van der Waals surface area contributed by atoms with Crippen LogP contribution >= 0.6 is 0 Å². The summed E-state index contributed by atoms with van der Waals surface area (Å²) in [7, 11) is 0. The highest BCUT2D eigenvalue weighted by Gasteiger charge is 2.00. The minimum absolute atomic E-state index is 0.273. The molecule has 0 bridgehead atoms. The Morgan fingerprint density at radius 2 is 2.27 bits per heavy atom. The van der Waals surface area contributed by atoms with E-state index < -0.39 is 5.82 Å². The van der Waals surface area contributed by atoms with Crippen molar-refractivity contribution in [2.24, 2.45) is 0 Å². The molecule has 0 aromatic heterocycles. The van der Waals surface area contributed by atoms with E-state index in [0.29, 0.717) is 6.61 Å². The van der Waals surface area contributed by atoms with Crippen LogP contribution in [0.3, 0.4) is 0 Å². The molecule has 0 saturated carbocycles. The van der Waals surface area contributed by atoms with Gasteiger partial charge < -0.3 is 4.74 Å². The molecule has 0 spiro atoms. The summed E-state index contributed by atoms with van der Waals surface area (Å²) in [6.07, 6.45) is 8.84. The molecule has 0 fully saturated rings. The van der Waals surface area contributed by atoms with Gasteiger partial charge in [0.2, 0.25) is 0 Å². The number of terminal acetylenes is 1. The maximum absolute atomic E-state index is 13.0. The number of ether oxygens (including phenoxy) is 1. The van der Waals surface area contributed by atoms with Crippen LogP contribution in [0.1, 0.15) is 25.7 Å². The lowest BCUT2D eigenvalue weighted by molar-refractivity contribution is 0.291. The molecule has 79 valence electrons. The molecule has 1 rings (SSSR count). The summed E-state index contributed by atoms with van der Waals surface area (Å²) in [6.45, 7) is 0.527. The topological polar surface area (TPSA) is 9.23 Å². The Hall–Kier alpha value is -1.49. The average Bonchev–Trinajstić information content (AvgIpc) is 2.25. The molecule has 1 aromatic rings. The SMILES string of the molecule is C#CCCCCCOc1ccc[c]c1F. The van der Waals surface area contributed by atoms with Gasteiger partial charge in [-0.25, -0.2) is 4.39 Å². The van der Waals surface area contributed by atoms with E-state index in [0.717, 1.165) is 25.7 Å². The van der Waals surface area contributed by atoms with Crippen molar-refractivity contribution in [3.8, 4) is 18.1 Å². The monoisotopic (exact) mass is 205 g/mol. The van der Waals surface area contributed by atoms with Crippen molar-refractivity contribution < 1.29 is 9.13 Å². The Kier molecular flexibility index (Phi) is 5.32. The average molecular weight is 205 g/mol. The number of hydrogen-bond acceptors (Lipinski definition) is 1. The zero-order valence-corrected chi connectivity index (χ0v) is 8.63. The highest BCUT2D eigenvalue weighted by Crippen LogP contribution is 2.15. The van der Waals surface area contributed by atoms with Crippen molar-refractivity contribution in [1.82, 2.24) is 0 Å². The lowest BCUT2D eigenvalue weighted by atomic mass is 10.2. The number of hydrogen-bond donors (Lipinski definition) is 0. The Morgan fingerprint density at radius 1 is 1.40 bits per heavy atom. The summed E-state index contributed by atoms with van der Waals surface area (Å²) < 4.78 is 18.3. The summed E-state index contributed by atoms with van der Waals surface area (Å²) in [4.78, 5) is 0. The van der Waals surface area contributed by atoms with Crippen molar-refractivity contribution in [3.05, 3.63) is 30.1 Å². The zero-order valence-electron chi connectivity index (χ0n) is 8.63. The van der Waals surface area contributed by atoms with E-state index in [1.165, 1.54) is 6.07 Å². The predicted molar refractivity (Wildman–Crippen MR) is 58.0 cm³/mol. The predicted octanol–water partition coefficient (Wildman–Crippen LogP) is 3.20. The second kappa shape index (κ2) is 6.89. The summed E-state index contributed by atoms with van der Waals surface area (Å²) in [5, 5.41) is 0. The molecule has 0 amide bonds. The molecule has 2 heteroatoms. The molecule has 0 heterocycles. The maximum Gasteiger partial charge on any atom is 0.172 e. The number of rotatable bonds is 6. The van der Waals surface area contributed by atoms with Gasteiger partial charge in [0.1, 0.15) is 0 Å². The fraction of sp³-hybridized carbons (Fsp3) is 0.385. The molecule has 1 radical (unpaired) electrons. The van der Waals surface area contributed by atoms with Gasteiger partial charge in [-0.2, -0.15) is 0 Å². The third kappa shape index (κ3) is 4.51. The van der Waals surface area contributed by atoms with Crippen molar-refractivity contribution in [2.75, 3.05) is 6.61 Å². The number of halogens is 1. The molecular formula is C13H14FO. The van der Waals surface area contributed by atoms with Crippen LogP contribution in [0.2, 0.25) is 0 Å².